The second-order valence-corrected chi connectivity index (χ2v) is 4.26. The summed E-state index contributed by atoms with van der Waals surface area (Å²) in [6, 6.07) is 7.56. The van der Waals surface area contributed by atoms with E-state index in [9.17, 15) is 4.79 Å². The molecule has 0 amide bonds. The summed E-state index contributed by atoms with van der Waals surface area (Å²) in [5.74, 6) is -0.271. The molecule has 0 aliphatic rings. The van der Waals surface area contributed by atoms with E-state index >= 15 is 0 Å². The highest BCUT2D eigenvalue weighted by Gasteiger charge is 2.11. The van der Waals surface area contributed by atoms with E-state index in [1.54, 1.807) is 6.07 Å². The summed E-state index contributed by atoms with van der Waals surface area (Å²) >= 11 is 0. The van der Waals surface area contributed by atoms with Crippen LogP contribution in [0.25, 0.3) is 0 Å². The molecule has 1 rings (SSSR count). The van der Waals surface area contributed by atoms with Gasteiger partial charge in [0.05, 0.1) is 12.2 Å². The van der Waals surface area contributed by atoms with Gasteiger partial charge >= 0.3 is 5.97 Å². The maximum Gasteiger partial charge on any atom is 0.338 e. The third kappa shape index (κ3) is 5.85. The van der Waals surface area contributed by atoms with Gasteiger partial charge in [0.25, 0.3) is 0 Å². The smallest absolute Gasteiger partial charge is 0.338 e. The normalized spacial score (nSPS) is 10.4. The minimum atomic E-state index is -0.271. The number of carbonyl (C=O) groups is 1. The van der Waals surface area contributed by atoms with Gasteiger partial charge < -0.3 is 14.8 Å². The molecule has 1 aromatic rings. The molecule has 0 spiro atoms. The summed E-state index contributed by atoms with van der Waals surface area (Å²) in [4.78, 5) is 12.0. The number of ether oxygens (including phenoxy) is 2. The topological polar surface area (TPSA) is 47.6 Å². The van der Waals surface area contributed by atoms with Crippen molar-refractivity contribution in [3.05, 3.63) is 35.4 Å². The second kappa shape index (κ2) is 9.53. The van der Waals surface area contributed by atoms with E-state index < -0.39 is 0 Å². The number of carbonyl (C=O) groups excluding carboxylic acids is 1. The van der Waals surface area contributed by atoms with E-state index in [0.29, 0.717) is 25.4 Å². The molecule has 1 aromatic carbocycles. The zero-order valence-corrected chi connectivity index (χ0v) is 11.8. The van der Waals surface area contributed by atoms with Gasteiger partial charge in [-0.25, -0.2) is 4.79 Å². The molecule has 0 atom stereocenters. The van der Waals surface area contributed by atoms with Gasteiger partial charge in [0.15, 0.2) is 0 Å². The van der Waals surface area contributed by atoms with Crippen molar-refractivity contribution in [1.82, 2.24) is 5.32 Å². The van der Waals surface area contributed by atoms with Gasteiger partial charge in [-0.05, 0) is 38.1 Å². The number of esters is 1. The van der Waals surface area contributed by atoms with Crippen molar-refractivity contribution in [2.75, 3.05) is 33.4 Å². The van der Waals surface area contributed by atoms with E-state index in [1.807, 2.05) is 32.2 Å². The van der Waals surface area contributed by atoms with Crippen molar-refractivity contribution < 1.29 is 14.3 Å². The molecule has 0 saturated heterocycles. The van der Waals surface area contributed by atoms with Gasteiger partial charge in [0, 0.05) is 6.61 Å². The van der Waals surface area contributed by atoms with Crippen LogP contribution in [0.3, 0.4) is 0 Å². The van der Waals surface area contributed by atoms with E-state index in [4.69, 9.17) is 9.47 Å². The first kappa shape index (κ1) is 15.7. The fourth-order valence-electron chi connectivity index (χ4n) is 1.71. The Hall–Kier alpha value is -1.39. The largest absolute Gasteiger partial charge is 0.460 e. The molecule has 4 heteroatoms. The molecule has 0 heterocycles. The Kier molecular flexibility index (Phi) is 7.86. The number of nitrogens with one attached hydrogen (secondary N) is 1. The predicted molar refractivity (Wildman–Crippen MR) is 75.5 cm³/mol. The monoisotopic (exact) mass is 265 g/mol. The van der Waals surface area contributed by atoms with Crippen LogP contribution < -0.4 is 5.32 Å². The zero-order valence-electron chi connectivity index (χ0n) is 11.8. The third-order valence-electron chi connectivity index (χ3n) is 2.69. The molecule has 0 aliphatic heterocycles. The molecule has 0 aromatic heterocycles. The van der Waals surface area contributed by atoms with Crippen molar-refractivity contribution in [3.63, 3.8) is 0 Å². The third-order valence-corrected chi connectivity index (χ3v) is 2.69. The van der Waals surface area contributed by atoms with Crippen molar-refractivity contribution in [3.8, 4) is 0 Å². The highest BCUT2D eigenvalue weighted by Crippen LogP contribution is 2.10. The van der Waals surface area contributed by atoms with Gasteiger partial charge in [0.1, 0.15) is 6.61 Å². The average molecular weight is 265 g/mol. The Bertz CT molecular complexity index is 379. The fourth-order valence-corrected chi connectivity index (χ4v) is 1.71. The van der Waals surface area contributed by atoms with Gasteiger partial charge in [0.2, 0.25) is 0 Å². The number of hydrogen-bond donors (Lipinski definition) is 1. The van der Waals surface area contributed by atoms with Crippen molar-refractivity contribution in [2.45, 2.75) is 19.8 Å². The lowest BCUT2D eigenvalue weighted by atomic mass is 10.0. The minimum absolute atomic E-state index is 0.271. The minimum Gasteiger partial charge on any atom is -0.460 e. The molecule has 106 valence electrons. The Morgan fingerprint density at radius 3 is 2.74 bits per heavy atom. The van der Waals surface area contributed by atoms with E-state index in [1.165, 1.54) is 0 Å². The lowest BCUT2D eigenvalue weighted by molar-refractivity contribution is 0.0317. The standard InChI is InChI=1S/C15H23NO3/c1-3-10-18-11-12-19-15(17)14-7-5-4-6-13(14)8-9-16-2/h4-7,16H,3,8-12H2,1-2H3. The predicted octanol–water partition coefficient (Wildman–Crippen LogP) is 2.03. The number of hydrogen-bond acceptors (Lipinski definition) is 4. The zero-order chi connectivity index (χ0) is 13.9. The van der Waals surface area contributed by atoms with Gasteiger partial charge in [-0.15, -0.1) is 0 Å². The van der Waals surface area contributed by atoms with Gasteiger partial charge in [-0.1, -0.05) is 25.1 Å². The van der Waals surface area contributed by atoms with Gasteiger partial charge in [-0.3, -0.25) is 0 Å². The van der Waals surface area contributed by atoms with E-state index in [2.05, 4.69) is 5.32 Å². The van der Waals surface area contributed by atoms with Crippen LogP contribution in [-0.2, 0) is 15.9 Å². The summed E-state index contributed by atoms with van der Waals surface area (Å²) in [6.07, 6.45) is 1.79. The molecule has 0 saturated carbocycles. The van der Waals surface area contributed by atoms with Crippen LogP contribution >= 0.6 is 0 Å². The van der Waals surface area contributed by atoms with Crippen LogP contribution in [-0.4, -0.2) is 39.4 Å². The molecule has 0 aliphatic carbocycles. The van der Waals surface area contributed by atoms with Crippen LogP contribution in [0.15, 0.2) is 24.3 Å². The Labute approximate surface area is 115 Å². The second-order valence-electron chi connectivity index (χ2n) is 4.26. The Morgan fingerprint density at radius 2 is 2.00 bits per heavy atom. The maximum absolute atomic E-state index is 12.0. The van der Waals surface area contributed by atoms with Crippen LogP contribution in [0.1, 0.15) is 29.3 Å². The lowest BCUT2D eigenvalue weighted by Gasteiger charge is -2.09. The first-order valence-corrected chi connectivity index (χ1v) is 6.77. The van der Waals surface area contributed by atoms with Gasteiger partial charge in [-0.2, -0.15) is 0 Å². The summed E-state index contributed by atoms with van der Waals surface area (Å²) in [6.45, 7) is 4.35. The molecular formula is C15H23NO3. The van der Waals surface area contributed by atoms with Crippen LogP contribution in [0.4, 0.5) is 0 Å². The molecule has 1 N–H and O–H groups in total. The average Bonchev–Trinajstić information content (AvgIpc) is 2.45. The molecular weight excluding hydrogens is 242 g/mol. The maximum atomic E-state index is 12.0. The number of rotatable bonds is 9. The summed E-state index contributed by atoms with van der Waals surface area (Å²) in [5.41, 5.74) is 1.66. The van der Waals surface area contributed by atoms with Crippen molar-refractivity contribution in [1.29, 1.82) is 0 Å². The van der Waals surface area contributed by atoms with E-state index in [-0.39, 0.29) is 5.97 Å². The summed E-state index contributed by atoms with van der Waals surface area (Å²) in [5, 5.41) is 3.08. The molecule has 0 radical (unpaired) electrons. The first-order valence-electron chi connectivity index (χ1n) is 6.77. The van der Waals surface area contributed by atoms with Crippen LogP contribution in [0, 0.1) is 0 Å². The molecule has 0 unspecified atom stereocenters. The highest BCUT2D eigenvalue weighted by atomic mass is 16.6. The number of likely N-dealkylation sites (N-methyl/N-ethyl adjacent to an activating group) is 1. The fraction of sp³-hybridized carbons (Fsp3) is 0.533. The quantitative estimate of drug-likeness (QED) is 0.548. The van der Waals surface area contributed by atoms with Crippen molar-refractivity contribution in [2.24, 2.45) is 0 Å². The molecule has 4 nitrogen and oxygen atoms in total. The van der Waals surface area contributed by atoms with Crippen LogP contribution in [0.5, 0.6) is 0 Å². The summed E-state index contributed by atoms with van der Waals surface area (Å²) in [7, 11) is 1.89. The van der Waals surface area contributed by atoms with E-state index in [0.717, 1.165) is 24.9 Å². The number of benzene rings is 1. The Morgan fingerprint density at radius 1 is 1.21 bits per heavy atom. The highest BCUT2D eigenvalue weighted by molar-refractivity contribution is 5.91. The molecule has 0 fully saturated rings. The molecule has 0 bridgehead atoms. The lowest BCUT2D eigenvalue weighted by Crippen LogP contribution is -2.16. The Balaban J connectivity index is 2.46. The molecule has 19 heavy (non-hydrogen) atoms. The SMILES string of the molecule is CCCOCCOC(=O)c1ccccc1CCNC. The first-order chi connectivity index (χ1) is 9.29. The van der Waals surface area contributed by atoms with Crippen molar-refractivity contribution >= 4 is 5.97 Å². The van der Waals surface area contributed by atoms with Crippen LogP contribution in [0.2, 0.25) is 0 Å². The summed E-state index contributed by atoms with van der Waals surface area (Å²) < 4.78 is 10.5.